The molecule has 2 N–H and O–H groups in total. The molecule has 1 aliphatic heterocycles. The van der Waals surface area contributed by atoms with Crippen molar-refractivity contribution in [3.63, 3.8) is 0 Å². The molecular formula is C14H20N2O2. The van der Waals surface area contributed by atoms with Gasteiger partial charge in [0.2, 0.25) is 5.91 Å². The van der Waals surface area contributed by atoms with Crippen molar-refractivity contribution in [2.24, 2.45) is 0 Å². The van der Waals surface area contributed by atoms with Crippen LogP contribution in [0.4, 0.5) is 5.69 Å². The van der Waals surface area contributed by atoms with Crippen molar-refractivity contribution in [1.82, 2.24) is 5.32 Å². The number of hydrogen-bond acceptors (Lipinski definition) is 3. The molecule has 0 spiro atoms. The van der Waals surface area contributed by atoms with E-state index in [1.807, 2.05) is 12.1 Å². The minimum atomic E-state index is 0.120. The lowest BCUT2D eigenvalue weighted by Crippen LogP contribution is -2.27. The summed E-state index contributed by atoms with van der Waals surface area (Å²) < 4.78 is 4.94. The molecule has 1 aromatic rings. The van der Waals surface area contributed by atoms with E-state index in [2.05, 4.69) is 22.8 Å². The molecule has 1 aromatic carbocycles. The standard InChI is InChI=1S/C14H20N2O2/c1-18-8-4-7-15-14(17)9-11-10-16-13-6-3-2-5-12(11)13/h2-3,5-6,11,16H,4,7-10H2,1H3,(H,15,17). The van der Waals surface area contributed by atoms with Gasteiger partial charge < -0.3 is 15.4 Å². The second kappa shape index (κ2) is 6.40. The lowest BCUT2D eigenvalue weighted by atomic mass is 9.97. The third kappa shape index (κ3) is 3.23. The summed E-state index contributed by atoms with van der Waals surface area (Å²) in [6.07, 6.45) is 1.42. The minimum absolute atomic E-state index is 0.120. The second-order valence-corrected chi connectivity index (χ2v) is 4.57. The highest BCUT2D eigenvalue weighted by atomic mass is 16.5. The van der Waals surface area contributed by atoms with Crippen molar-refractivity contribution in [1.29, 1.82) is 0 Å². The van der Waals surface area contributed by atoms with Crippen LogP contribution in [0.3, 0.4) is 0 Å². The van der Waals surface area contributed by atoms with E-state index in [9.17, 15) is 4.79 Å². The highest BCUT2D eigenvalue weighted by Crippen LogP contribution is 2.32. The number of carbonyl (C=O) groups is 1. The van der Waals surface area contributed by atoms with Crippen LogP contribution >= 0.6 is 0 Å². The van der Waals surface area contributed by atoms with Gasteiger partial charge in [0.05, 0.1) is 0 Å². The molecule has 2 rings (SSSR count). The highest BCUT2D eigenvalue weighted by Gasteiger charge is 2.23. The minimum Gasteiger partial charge on any atom is -0.385 e. The fourth-order valence-electron chi connectivity index (χ4n) is 2.28. The molecule has 0 radical (unpaired) electrons. The van der Waals surface area contributed by atoms with E-state index in [-0.39, 0.29) is 5.91 Å². The van der Waals surface area contributed by atoms with E-state index >= 15 is 0 Å². The topological polar surface area (TPSA) is 50.4 Å². The molecule has 1 aliphatic rings. The first kappa shape index (κ1) is 12.9. The van der Waals surface area contributed by atoms with Gasteiger partial charge >= 0.3 is 0 Å². The van der Waals surface area contributed by atoms with Crippen LogP contribution in [-0.2, 0) is 9.53 Å². The lowest BCUT2D eigenvalue weighted by molar-refractivity contribution is -0.121. The van der Waals surface area contributed by atoms with E-state index in [4.69, 9.17) is 4.74 Å². The molecule has 1 unspecified atom stereocenters. The second-order valence-electron chi connectivity index (χ2n) is 4.57. The van der Waals surface area contributed by atoms with Crippen LogP contribution in [-0.4, -0.2) is 32.7 Å². The van der Waals surface area contributed by atoms with E-state index in [1.54, 1.807) is 7.11 Å². The van der Waals surface area contributed by atoms with Gasteiger partial charge in [-0.15, -0.1) is 0 Å². The van der Waals surface area contributed by atoms with Crippen LogP contribution in [0.15, 0.2) is 24.3 Å². The van der Waals surface area contributed by atoms with Gasteiger partial charge in [0, 0.05) is 44.8 Å². The van der Waals surface area contributed by atoms with Crippen molar-refractivity contribution in [2.45, 2.75) is 18.8 Å². The number of para-hydroxylation sites is 1. The zero-order chi connectivity index (χ0) is 12.8. The average molecular weight is 248 g/mol. The fourth-order valence-corrected chi connectivity index (χ4v) is 2.28. The summed E-state index contributed by atoms with van der Waals surface area (Å²) in [7, 11) is 1.67. The molecule has 0 saturated heterocycles. The Balaban J connectivity index is 1.79. The Morgan fingerprint density at radius 1 is 1.50 bits per heavy atom. The van der Waals surface area contributed by atoms with E-state index in [0.717, 1.165) is 18.7 Å². The van der Waals surface area contributed by atoms with Gasteiger partial charge in [-0.1, -0.05) is 18.2 Å². The quantitative estimate of drug-likeness (QED) is 0.754. The maximum atomic E-state index is 11.8. The fraction of sp³-hybridized carbons (Fsp3) is 0.500. The Morgan fingerprint density at radius 3 is 3.17 bits per heavy atom. The van der Waals surface area contributed by atoms with Gasteiger partial charge in [0.1, 0.15) is 0 Å². The lowest BCUT2D eigenvalue weighted by Gasteiger charge is -2.10. The normalized spacial score (nSPS) is 17.1. The molecule has 0 aromatic heterocycles. The zero-order valence-electron chi connectivity index (χ0n) is 10.7. The van der Waals surface area contributed by atoms with Crippen LogP contribution in [0.2, 0.25) is 0 Å². The number of hydrogen-bond donors (Lipinski definition) is 2. The monoisotopic (exact) mass is 248 g/mol. The molecule has 98 valence electrons. The number of rotatable bonds is 6. The van der Waals surface area contributed by atoms with Crippen molar-refractivity contribution in [3.05, 3.63) is 29.8 Å². The smallest absolute Gasteiger partial charge is 0.220 e. The molecule has 0 bridgehead atoms. The maximum Gasteiger partial charge on any atom is 0.220 e. The maximum absolute atomic E-state index is 11.8. The number of carbonyl (C=O) groups excluding carboxylic acids is 1. The Hall–Kier alpha value is -1.55. The van der Waals surface area contributed by atoms with E-state index < -0.39 is 0 Å². The predicted octanol–water partition coefficient (Wildman–Crippen LogP) is 1.74. The number of nitrogens with one attached hydrogen (secondary N) is 2. The summed E-state index contributed by atoms with van der Waals surface area (Å²) in [6.45, 7) is 2.23. The average Bonchev–Trinajstić information content (AvgIpc) is 2.78. The third-order valence-corrected chi connectivity index (χ3v) is 3.22. The Labute approximate surface area is 108 Å². The Kier molecular flexibility index (Phi) is 4.59. The van der Waals surface area contributed by atoms with Gasteiger partial charge in [0.15, 0.2) is 0 Å². The Morgan fingerprint density at radius 2 is 2.33 bits per heavy atom. The molecule has 0 saturated carbocycles. The summed E-state index contributed by atoms with van der Waals surface area (Å²) in [5.41, 5.74) is 2.42. The molecule has 4 heteroatoms. The molecule has 4 nitrogen and oxygen atoms in total. The number of methoxy groups -OCH3 is 1. The first-order valence-corrected chi connectivity index (χ1v) is 6.39. The summed E-state index contributed by atoms with van der Waals surface area (Å²) in [5.74, 6) is 0.415. The van der Waals surface area contributed by atoms with E-state index in [0.29, 0.717) is 25.5 Å². The number of anilines is 1. The molecule has 0 fully saturated rings. The van der Waals surface area contributed by atoms with Gasteiger partial charge in [-0.05, 0) is 18.1 Å². The van der Waals surface area contributed by atoms with Crippen molar-refractivity contribution in [2.75, 3.05) is 32.1 Å². The first-order valence-electron chi connectivity index (χ1n) is 6.39. The highest BCUT2D eigenvalue weighted by molar-refractivity contribution is 5.78. The predicted molar refractivity (Wildman–Crippen MR) is 71.8 cm³/mol. The molecular weight excluding hydrogens is 228 g/mol. The van der Waals surface area contributed by atoms with Crippen molar-refractivity contribution >= 4 is 11.6 Å². The van der Waals surface area contributed by atoms with Crippen LogP contribution in [0.5, 0.6) is 0 Å². The summed E-state index contributed by atoms with van der Waals surface area (Å²) >= 11 is 0. The molecule has 0 aliphatic carbocycles. The first-order chi connectivity index (χ1) is 8.81. The molecule has 1 heterocycles. The van der Waals surface area contributed by atoms with Crippen LogP contribution in [0.1, 0.15) is 24.3 Å². The molecule has 18 heavy (non-hydrogen) atoms. The van der Waals surface area contributed by atoms with Crippen LogP contribution in [0, 0.1) is 0 Å². The third-order valence-electron chi connectivity index (χ3n) is 3.22. The largest absolute Gasteiger partial charge is 0.385 e. The summed E-state index contributed by atoms with van der Waals surface area (Å²) in [5, 5.41) is 6.26. The summed E-state index contributed by atoms with van der Waals surface area (Å²) in [6, 6.07) is 8.19. The van der Waals surface area contributed by atoms with Crippen LogP contribution in [0.25, 0.3) is 0 Å². The van der Waals surface area contributed by atoms with Gasteiger partial charge in [-0.25, -0.2) is 0 Å². The van der Waals surface area contributed by atoms with Gasteiger partial charge in [0.25, 0.3) is 0 Å². The van der Waals surface area contributed by atoms with Gasteiger partial charge in [-0.3, -0.25) is 4.79 Å². The van der Waals surface area contributed by atoms with E-state index in [1.165, 1.54) is 5.56 Å². The molecule has 1 atom stereocenters. The number of amides is 1. The van der Waals surface area contributed by atoms with Crippen molar-refractivity contribution in [3.8, 4) is 0 Å². The van der Waals surface area contributed by atoms with Crippen LogP contribution < -0.4 is 10.6 Å². The zero-order valence-corrected chi connectivity index (χ0v) is 10.7. The van der Waals surface area contributed by atoms with Crippen molar-refractivity contribution < 1.29 is 9.53 Å². The number of benzene rings is 1. The number of fused-ring (bicyclic) bond motifs is 1. The SMILES string of the molecule is COCCCNC(=O)CC1CNc2ccccc21. The number of ether oxygens (including phenoxy) is 1. The summed E-state index contributed by atoms with van der Waals surface area (Å²) in [4.78, 5) is 11.8. The Bertz CT molecular complexity index is 407. The van der Waals surface area contributed by atoms with Gasteiger partial charge in [-0.2, -0.15) is 0 Å². The molecule has 1 amide bonds.